The molecule has 0 aliphatic carbocycles. The molecule has 2 N–H and O–H groups in total. The Morgan fingerprint density at radius 2 is 1.52 bits per heavy atom. The number of benzene rings is 2. The van der Waals surface area contributed by atoms with Gasteiger partial charge in [-0.25, -0.2) is 0 Å². The molecule has 2 amide bonds. The lowest BCUT2D eigenvalue weighted by atomic mass is 10.2. The monoisotopic (exact) mass is 402 g/mol. The van der Waals surface area contributed by atoms with Crippen molar-refractivity contribution in [1.82, 2.24) is 5.32 Å². The minimum atomic E-state index is -0.747. The van der Waals surface area contributed by atoms with Gasteiger partial charge in [0, 0.05) is 11.6 Å². The fourth-order valence-corrected chi connectivity index (χ4v) is 2.28. The highest BCUT2D eigenvalue weighted by atomic mass is 16.5. The van der Waals surface area contributed by atoms with Crippen LogP contribution in [0.5, 0.6) is 17.2 Å². The first-order valence-corrected chi connectivity index (χ1v) is 8.56. The van der Waals surface area contributed by atoms with Crippen molar-refractivity contribution in [1.29, 1.82) is 0 Å². The molecule has 0 unspecified atom stereocenters. The summed E-state index contributed by atoms with van der Waals surface area (Å²) in [6.07, 6.45) is 0. The van der Waals surface area contributed by atoms with Gasteiger partial charge in [-0.05, 0) is 36.4 Å². The van der Waals surface area contributed by atoms with E-state index in [1.54, 1.807) is 42.5 Å². The Kier molecular flexibility index (Phi) is 7.84. The highest BCUT2D eigenvalue weighted by molar-refractivity contribution is 5.97. The molecular formula is C20H22N2O7. The Bertz CT molecular complexity index is 866. The summed E-state index contributed by atoms with van der Waals surface area (Å²) < 4.78 is 20.1. The molecular weight excluding hydrogens is 380 g/mol. The SMILES string of the molecule is COc1ccc(C(=O)NCC(=O)OCC(=O)Nc2ccc(OC)cc2OC)cc1. The second-order valence-electron chi connectivity index (χ2n) is 5.69. The van der Waals surface area contributed by atoms with E-state index in [9.17, 15) is 14.4 Å². The van der Waals surface area contributed by atoms with E-state index in [1.165, 1.54) is 21.3 Å². The Morgan fingerprint density at radius 3 is 2.14 bits per heavy atom. The number of rotatable bonds is 9. The maximum absolute atomic E-state index is 12.0. The Hall–Kier alpha value is -3.75. The van der Waals surface area contributed by atoms with Gasteiger partial charge in [0.1, 0.15) is 23.8 Å². The molecule has 0 aromatic heterocycles. The van der Waals surface area contributed by atoms with E-state index in [0.717, 1.165) is 0 Å². The molecule has 0 aliphatic heterocycles. The standard InChI is InChI=1S/C20H22N2O7/c1-26-14-6-4-13(5-7-14)20(25)21-11-19(24)29-12-18(23)22-16-9-8-15(27-2)10-17(16)28-3/h4-10H,11-12H2,1-3H3,(H,21,25)(H,22,23). The van der Waals surface area contributed by atoms with E-state index in [1.807, 2.05) is 0 Å². The summed E-state index contributed by atoms with van der Waals surface area (Å²) >= 11 is 0. The summed E-state index contributed by atoms with van der Waals surface area (Å²) in [6, 6.07) is 11.3. The van der Waals surface area contributed by atoms with Crippen molar-refractivity contribution in [2.45, 2.75) is 0 Å². The molecule has 9 nitrogen and oxygen atoms in total. The number of amides is 2. The lowest BCUT2D eigenvalue weighted by Crippen LogP contribution is -2.32. The molecule has 0 radical (unpaired) electrons. The zero-order valence-corrected chi connectivity index (χ0v) is 16.3. The Morgan fingerprint density at radius 1 is 0.862 bits per heavy atom. The number of hydrogen-bond donors (Lipinski definition) is 2. The van der Waals surface area contributed by atoms with Gasteiger partial charge < -0.3 is 29.6 Å². The van der Waals surface area contributed by atoms with Crippen LogP contribution in [0.25, 0.3) is 0 Å². The molecule has 0 spiro atoms. The molecule has 154 valence electrons. The summed E-state index contributed by atoms with van der Waals surface area (Å²) in [5.41, 5.74) is 0.769. The second kappa shape index (κ2) is 10.5. The van der Waals surface area contributed by atoms with Crippen molar-refractivity contribution in [2.24, 2.45) is 0 Å². The van der Waals surface area contributed by atoms with Crippen LogP contribution in [0.1, 0.15) is 10.4 Å². The largest absolute Gasteiger partial charge is 0.497 e. The first-order chi connectivity index (χ1) is 14.0. The molecule has 29 heavy (non-hydrogen) atoms. The molecule has 0 aliphatic rings. The van der Waals surface area contributed by atoms with Gasteiger partial charge in [-0.3, -0.25) is 14.4 Å². The van der Waals surface area contributed by atoms with E-state index < -0.39 is 24.4 Å². The van der Waals surface area contributed by atoms with E-state index in [-0.39, 0.29) is 6.54 Å². The molecule has 2 rings (SSSR count). The normalized spacial score (nSPS) is 9.90. The fraction of sp³-hybridized carbons (Fsp3) is 0.250. The van der Waals surface area contributed by atoms with Crippen molar-refractivity contribution < 1.29 is 33.3 Å². The number of nitrogens with one attached hydrogen (secondary N) is 2. The third kappa shape index (κ3) is 6.42. The molecule has 2 aromatic rings. The van der Waals surface area contributed by atoms with Crippen LogP contribution in [0.3, 0.4) is 0 Å². The van der Waals surface area contributed by atoms with Crippen molar-refractivity contribution in [3.8, 4) is 17.2 Å². The van der Waals surface area contributed by atoms with E-state index >= 15 is 0 Å². The van der Waals surface area contributed by atoms with E-state index in [2.05, 4.69) is 10.6 Å². The number of hydrogen-bond acceptors (Lipinski definition) is 7. The van der Waals surface area contributed by atoms with Crippen LogP contribution in [0.15, 0.2) is 42.5 Å². The quantitative estimate of drug-likeness (QED) is 0.613. The van der Waals surface area contributed by atoms with E-state index in [0.29, 0.717) is 28.5 Å². The summed E-state index contributed by atoms with van der Waals surface area (Å²) in [5.74, 6) is -0.167. The van der Waals surface area contributed by atoms with Gasteiger partial charge in [0.2, 0.25) is 0 Å². The summed E-state index contributed by atoms with van der Waals surface area (Å²) in [5, 5.41) is 4.99. The molecule has 0 bridgehead atoms. The van der Waals surface area contributed by atoms with E-state index in [4.69, 9.17) is 18.9 Å². The smallest absolute Gasteiger partial charge is 0.325 e. The van der Waals surface area contributed by atoms with Crippen LogP contribution in [-0.4, -0.2) is 52.3 Å². The third-order valence-electron chi connectivity index (χ3n) is 3.79. The lowest BCUT2D eigenvalue weighted by Gasteiger charge is -2.12. The highest BCUT2D eigenvalue weighted by Gasteiger charge is 2.13. The molecule has 0 saturated heterocycles. The zero-order valence-electron chi connectivity index (χ0n) is 16.3. The van der Waals surface area contributed by atoms with Crippen LogP contribution in [0.4, 0.5) is 5.69 Å². The molecule has 0 saturated carbocycles. The Balaban J connectivity index is 1.78. The van der Waals surface area contributed by atoms with Crippen LogP contribution in [-0.2, 0) is 14.3 Å². The van der Waals surface area contributed by atoms with Gasteiger partial charge in [-0.1, -0.05) is 0 Å². The first kappa shape index (κ1) is 21.5. The molecule has 0 atom stereocenters. The average Bonchev–Trinajstić information content (AvgIpc) is 2.76. The summed E-state index contributed by atoms with van der Waals surface area (Å²) in [6.45, 7) is -0.879. The van der Waals surface area contributed by atoms with Gasteiger partial charge in [-0.2, -0.15) is 0 Å². The highest BCUT2D eigenvalue weighted by Crippen LogP contribution is 2.28. The third-order valence-corrected chi connectivity index (χ3v) is 3.79. The van der Waals surface area contributed by atoms with Crippen molar-refractivity contribution in [3.05, 3.63) is 48.0 Å². The summed E-state index contributed by atoms with van der Waals surface area (Å²) in [7, 11) is 4.49. The minimum absolute atomic E-state index is 0.364. The maximum Gasteiger partial charge on any atom is 0.325 e. The molecule has 0 fully saturated rings. The average molecular weight is 402 g/mol. The van der Waals surface area contributed by atoms with Crippen molar-refractivity contribution in [3.63, 3.8) is 0 Å². The van der Waals surface area contributed by atoms with Gasteiger partial charge in [-0.15, -0.1) is 0 Å². The molecule has 0 heterocycles. The Labute approximate surface area is 167 Å². The number of esters is 1. The van der Waals surface area contributed by atoms with Gasteiger partial charge in [0.05, 0.1) is 27.0 Å². The number of ether oxygens (including phenoxy) is 4. The number of carbonyl (C=O) groups excluding carboxylic acids is 3. The predicted octanol–water partition coefficient (Wildman–Crippen LogP) is 1.62. The molecule has 2 aromatic carbocycles. The number of methoxy groups -OCH3 is 3. The van der Waals surface area contributed by atoms with Gasteiger partial charge >= 0.3 is 5.97 Å². The van der Waals surface area contributed by atoms with Gasteiger partial charge in [0.15, 0.2) is 6.61 Å². The predicted molar refractivity (Wildman–Crippen MR) is 104 cm³/mol. The number of anilines is 1. The van der Waals surface area contributed by atoms with Crippen LogP contribution < -0.4 is 24.8 Å². The fourth-order valence-electron chi connectivity index (χ4n) is 2.28. The maximum atomic E-state index is 12.0. The zero-order chi connectivity index (χ0) is 21.2. The minimum Gasteiger partial charge on any atom is -0.497 e. The van der Waals surface area contributed by atoms with Crippen LogP contribution in [0, 0.1) is 0 Å². The summed E-state index contributed by atoms with van der Waals surface area (Å²) in [4.78, 5) is 35.7. The first-order valence-electron chi connectivity index (χ1n) is 8.56. The van der Waals surface area contributed by atoms with Crippen LogP contribution >= 0.6 is 0 Å². The topological polar surface area (TPSA) is 112 Å². The number of carbonyl (C=O) groups is 3. The lowest BCUT2D eigenvalue weighted by molar-refractivity contribution is -0.146. The second-order valence-corrected chi connectivity index (χ2v) is 5.69. The molecule has 9 heteroatoms. The van der Waals surface area contributed by atoms with Gasteiger partial charge in [0.25, 0.3) is 11.8 Å². The van der Waals surface area contributed by atoms with Crippen molar-refractivity contribution >= 4 is 23.5 Å². The van der Waals surface area contributed by atoms with Crippen LogP contribution in [0.2, 0.25) is 0 Å². The van der Waals surface area contributed by atoms with Crippen molar-refractivity contribution in [2.75, 3.05) is 39.8 Å².